The van der Waals surface area contributed by atoms with E-state index in [1.165, 1.54) is 48.4 Å². The third kappa shape index (κ3) is 4.49. The highest BCUT2D eigenvalue weighted by atomic mass is 32.1. The second-order valence-electron chi connectivity index (χ2n) is 8.22. The summed E-state index contributed by atoms with van der Waals surface area (Å²) >= 11 is 1.38. The normalized spacial score (nSPS) is 14.1. The number of nitrogens with zero attached hydrogens (tertiary/aromatic N) is 1. The van der Waals surface area contributed by atoms with Crippen LogP contribution < -0.4 is 4.74 Å². The number of fused-ring (bicyclic) bond motifs is 1. The molecule has 1 aromatic heterocycles. The van der Waals surface area contributed by atoms with Crippen LogP contribution in [0, 0.1) is 5.82 Å². The summed E-state index contributed by atoms with van der Waals surface area (Å²) in [6.07, 6.45) is 2.52. The lowest BCUT2D eigenvalue weighted by atomic mass is 9.97. The maximum absolute atomic E-state index is 13.4. The molecule has 5 rings (SSSR count). The molecule has 1 aliphatic heterocycles. The maximum atomic E-state index is 13.4. The summed E-state index contributed by atoms with van der Waals surface area (Å²) in [5, 5.41) is 11.1. The largest absolute Gasteiger partial charge is 0.506 e. The summed E-state index contributed by atoms with van der Waals surface area (Å²) in [5.41, 5.74) is 1.79. The number of ketones is 1. The van der Waals surface area contributed by atoms with Crippen molar-refractivity contribution >= 4 is 27.2 Å². The van der Waals surface area contributed by atoms with Crippen molar-refractivity contribution in [3.8, 4) is 21.9 Å². The number of hydrogen-bond acceptors (Lipinski definition) is 5. The first-order valence-corrected chi connectivity index (χ1v) is 11.9. The molecule has 6 heteroatoms. The van der Waals surface area contributed by atoms with Crippen LogP contribution in [0.5, 0.6) is 11.5 Å². The van der Waals surface area contributed by atoms with Crippen molar-refractivity contribution in [2.24, 2.45) is 0 Å². The number of aromatic hydroxyl groups is 1. The van der Waals surface area contributed by atoms with E-state index in [9.17, 15) is 14.3 Å². The Balaban J connectivity index is 1.46. The van der Waals surface area contributed by atoms with E-state index in [4.69, 9.17) is 4.74 Å². The Hall–Kier alpha value is -3.22. The van der Waals surface area contributed by atoms with Crippen LogP contribution in [0.1, 0.15) is 28.8 Å². The molecule has 0 unspecified atom stereocenters. The first-order chi connectivity index (χ1) is 16.1. The highest BCUT2D eigenvalue weighted by Gasteiger charge is 2.23. The molecule has 0 aliphatic carbocycles. The summed E-state index contributed by atoms with van der Waals surface area (Å²) < 4.78 is 20.0. The molecule has 1 N–H and O–H groups in total. The molecule has 3 aromatic carbocycles. The molecule has 4 aromatic rings. The zero-order valence-corrected chi connectivity index (χ0v) is 18.9. The molecule has 1 saturated heterocycles. The average molecular weight is 462 g/mol. The number of rotatable bonds is 7. The minimum atomic E-state index is -0.389. The number of likely N-dealkylation sites (tertiary alicyclic amines) is 1. The fraction of sp³-hybridized carbons (Fsp3) is 0.222. The van der Waals surface area contributed by atoms with Gasteiger partial charge in [0.15, 0.2) is 5.78 Å². The van der Waals surface area contributed by atoms with Gasteiger partial charge in [-0.1, -0.05) is 12.1 Å². The Labute approximate surface area is 195 Å². The van der Waals surface area contributed by atoms with Crippen LogP contribution in [0.25, 0.3) is 20.5 Å². The Morgan fingerprint density at radius 3 is 2.45 bits per heavy atom. The first-order valence-electron chi connectivity index (χ1n) is 11.1. The molecule has 0 amide bonds. The monoisotopic (exact) mass is 461 g/mol. The summed E-state index contributed by atoms with van der Waals surface area (Å²) in [6.45, 7) is 3.86. The molecule has 168 valence electrons. The number of ether oxygens (including phenoxy) is 1. The van der Waals surface area contributed by atoms with Crippen molar-refractivity contribution in [3.63, 3.8) is 0 Å². The van der Waals surface area contributed by atoms with Crippen LogP contribution in [0.15, 0.2) is 66.7 Å². The highest BCUT2D eigenvalue weighted by molar-refractivity contribution is 7.23. The lowest BCUT2D eigenvalue weighted by Gasteiger charge is -2.15. The second kappa shape index (κ2) is 9.33. The molecule has 0 spiro atoms. The van der Waals surface area contributed by atoms with Gasteiger partial charge in [0.25, 0.3) is 0 Å². The van der Waals surface area contributed by atoms with Crippen LogP contribution >= 0.6 is 11.3 Å². The van der Waals surface area contributed by atoms with Crippen LogP contribution in [0.3, 0.4) is 0 Å². The van der Waals surface area contributed by atoms with Gasteiger partial charge >= 0.3 is 0 Å². The van der Waals surface area contributed by atoms with Crippen LogP contribution in [0.4, 0.5) is 4.39 Å². The Morgan fingerprint density at radius 1 is 1.00 bits per heavy atom. The van der Waals surface area contributed by atoms with Gasteiger partial charge in [0.1, 0.15) is 23.9 Å². The number of phenolic OH excluding ortho intramolecular Hbond substituents is 1. The van der Waals surface area contributed by atoms with E-state index in [2.05, 4.69) is 4.90 Å². The molecule has 1 fully saturated rings. The fourth-order valence-corrected chi connectivity index (χ4v) is 5.50. The van der Waals surface area contributed by atoms with E-state index in [1.807, 2.05) is 30.3 Å². The van der Waals surface area contributed by atoms with Crippen molar-refractivity contribution in [1.82, 2.24) is 4.90 Å². The number of carbonyl (C=O) groups excluding carboxylic acids is 1. The zero-order chi connectivity index (χ0) is 22.8. The highest BCUT2D eigenvalue weighted by Crippen LogP contribution is 2.43. The fourth-order valence-electron chi connectivity index (χ4n) is 4.28. The predicted molar refractivity (Wildman–Crippen MR) is 130 cm³/mol. The summed E-state index contributed by atoms with van der Waals surface area (Å²) in [5.74, 6) is 0.333. The smallest absolute Gasteiger partial charge is 0.195 e. The van der Waals surface area contributed by atoms with Crippen LogP contribution in [-0.2, 0) is 0 Å². The molecule has 4 nitrogen and oxygen atoms in total. The average Bonchev–Trinajstić information content (AvgIpc) is 3.48. The topological polar surface area (TPSA) is 49.8 Å². The van der Waals surface area contributed by atoms with Gasteiger partial charge in [-0.05, 0) is 86.1 Å². The van der Waals surface area contributed by atoms with Gasteiger partial charge in [-0.25, -0.2) is 4.39 Å². The maximum Gasteiger partial charge on any atom is 0.195 e. The number of carbonyl (C=O) groups is 1. The van der Waals surface area contributed by atoms with Crippen molar-refractivity contribution in [3.05, 3.63) is 83.7 Å². The SMILES string of the molecule is O=C(c1ccc(F)cc1)c1c(-c2ccc(OCCN3CCCC3)cc2)sc2c(O)cccc12. The van der Waals surface area contributed by atoms with Gasteiger partial charge < -0.3 is 9.84 Å². The quantitative estimate of drug-likeness (QED) is 0.337. The third-order valence-electron chi connectivity index (χ3n) is 6.02. The van der Waals surface area contributed by atoms with Crippen LogP contribution in [0.2, 0.25) is 0 Å². The second-order valence-corrected chi connectivity index (χ2v) is 9.24. The minimum Gasteiger partial charge on any atom is -0.506 e. The Kier molecular flexibility index (Phi) is 6.11. The molecule has 0 bridgehead atoms. The lowest BCUT2D eigenvalue weighted by molar-refractivity contribution is 0.104. The number of benzene rings is 3. The Bertz CT molecular complexity index is 1280. The molecular formula is C27H24FNO3S. The number of thiophene rings is 1. The van der Waals surface area contributed by atoms with E-state index < -0.39 is 0 Å². The van der Waals surface area contributed by atoms with Gasteiger partial charge in [-0.3, -0.25) is 9.69 Å². The molecule has 0 atom stereocenters. The summed E-state index contributed by atoms with van der Waals surface area (Å²) in [4.78, 5) is 16.6. The number of phenols is 1. The molecule has 33 heavy (non-hydrogen) atoms. The number of halogens is 1. The lowest BCUT2D eigenvalue weighted by Crippen LogP contribution is -2.25. The molecular weight excluding hydrogens is 437 g/mol. The predicted octanol–water partition coefficient (Wildman–Crippen LogP) is 6.12. The first kappa shape index (κ1) is 21.6. The van der Waals surface area contributed by atoms with E-state index >= 15 is 0 Å². The van der Waals surface area contributed by atoms with Gasteiger partial charge in [0, 0.05) is 27.9 Å². The molecule has 1 aliphatic rings. The van der Waals surface area contributed by atoms with Crippen molar-refractivity contribution < 1.29 is 19.0 Å². The van der Waals surface area contributed by atoms with E-state index in [-0.39, 0.29) is 17.3 Å². The van der Waals surface area contributed by atoms with Gasteiger partial charge in [-0.2, -0.15) is 0 Å². The minimum absolute atomic E-state index is 0.138. The van der Waals surface area contributed by atoms with Crippen molar-refractivity contribution in [2.45, 2.75) is 12.8 Å². The van der Waals surface area contributed by atoms with Gasteiger partial charge in [-0.15, -0.1) is 11.3 Å². The van der Waals surface area contributed by atoms with Crippen LogP contribution in [-0.4, -0.2) is 42.0 Å². The third-order valence-corrected chi connectivity index (χ3v) is 7.30. The summed E-state index contributed by atoms with van der Waals surface area (Å²) in [7, 11) is 0. The molecule has 0 radical (unpaired) electrons. The van der Waals surface area contributed by atoms with Crippen molar-refractivity contribution in [1.29, 1.82) is 0 Å². The van der Waals surface area contributed by atoms with Gasteiger partial charge in [0.2, 0.25) is 0 Å². The summed E-state index contributed by atoms with van der Waals surface area (Å²) in [6, 6.07) is 18.4. The van der Waals surface area contributed by atoms with E-state index in [0.717, 1.165) is 35.8 Å². The van der Waals surface area contributed by atoms with E-state index in [1.54, 1.807) is 12.1 Å². The standard InChI is InChI=1S/C27H24FNO3S/c28-20-10-6-18(7-11-20)25(31)24-22-4-3-5-23(30)27(22)33-26(24)19-8-12-21(13-9-19)32-17-16-29-14-1-2-15-29/h3-13,30H,1-2,14-17H2. The zero-order valence-electron chi connectivity index (χ0n) is 18.1. The molecule has 2 heterocycles. The van der Waals surface area contributed by atoms with E-state index in [0.29, 0.717) is 27.8 Å². The van der Waals surface area contributed by atoms with Crippen molar-refractivity contribution in [2.75, 3.05) is 26.2 Å². The van der Waals surface area contributed by atoms with Gasteiger partial charge in [0.05, 0.1) is 4.70 Å². The Morgan fingerprint density at radius 2 is 1.73 bits per heavy atom. The molecule has 0 saturated carbocycles. The number of hydrogen-bond donors (Lipinski definition) is 1.